The summed E-state index contributed by atoms with van der Waals surface area (Å²) in [4.78, 5) is 20.3. The molecule has 2 aromatic rings. The van der Waals surface area contributed by atoms with Gasteiger partial charge in [0.25, 0.3) is 0 Å². The molecule has 4 nitrogen and oxygen atoms in total. The normalized spacial score (nSPS) is 9.93. The van der Waals surface area contributed by atoms with Crippen LogP contribution in [0.25, 0.3) is 10.6 Å². The van der Waals surface area contributed by atoms with Crippen LogP contribution in [0, 0.1) is 0 Å². The Labute approximate surface area is 91.2 Å². The van der Waals surface area contributed by atoms with Gasteiger partial charge in [0, 0.05) is 25.0 Å². The van der Waals surface area contributed by atoms with Gasteiger partial charge >= 0.3 is 0 Å². The van der Waals surface area contributed by atoms with Gasteiger partial charge in [-0.3, -0.25) is 9.78 Å². The lowest BCUT2D eigenvalue weighted by Crippen LogP contribution is -2.11. The molecule has 15 heavy (non-hydrogen) atoms. The van der Waals surface area contributed by atoms with E-state index in [9.17, 15) is 4.79 Å². The number of anilines is 1. The largest absolute Gasteiger partial charge is 0.308 e. The SMILES string of the molecule is CN(C=O)c1cnc(-c2cccnc2)s1. The molecule has 0 aliphatic rings. The molecule has 0 aromatic carbocycles. The van der Waals surface area contributed by atoms with E-state index < -0.39 is 0 Å². The van der Waals surface area contributed by atoms with E-state index in [-0.39, 0.29) is 0 Å². The first-order chi connectivity index (χ1) is 7.31. The average Bonchev–Trinajstić information content (AvgIpc) is 2.78. The number of rotatable bonds is 3. The van der Waals surface area contributed by atoms with Crippen molar-refractivity contribution in [2.24, 2.45) is 0 Å². The van der Waals surface area contributed by atoms with Crippen LogP contribution in [-0.4, -0.2) is 23.4 Å². The molecule has 2 rings (SSSR count). The maximum atomic E-state index is 10.5. The summed E-state index contributed by atoms with van der Waals surface area (Å²) in [6, 6.07) is 3.80. The van der Waals surface area contributed by atoms with Crippen LogP contribution in [-0.2, 0) is 4.79 Å². The van der Waals surface area contributed by atoms with E-state index in [0.29, 0.717) is 0 Å². The van der Waals surface area contributed by atoms with Gasteiger partial charge in [0.2, 0.25) is 6.41 Å². The Hall–Kier alpha value is -1.75. The summed E-state index contributed by atoms with van der Waals surface area (Å²) in [5, 5.41) is 1.69. The smallest absolute Gasteiger partial charge is 0.214 e. The summed E-state index contributed by atoms with van der Waals surface area (Å²) in [6.45, 7) is 0. The number of nitrogens with zero attached hydrogens (tertiary/aromatic N) is 3. The highest BCUT2D eigenvalue weighted by atomic mass is 32.1. The van der Waals surface area contributed by atoms with Gasteiger partial charge in [0.05, 0.1) is 6.20 Å². The van der Waals surface area contributed by atoms with E-state index >= 15 is 0 Å². The van der Waals surface area contributed by atoms with Gasteiger partial charge in [-0.2, -0.15) is 0 Å². The van der Waals surface area contributed by atoms with Crippen molar-refractivity contribution in [2.45, 2.75) is 0 Å². The number of hydrogen-bond acceptors (Lipinski definition) is 4. The molecule has 0 radical (unpaired) electrons. The Morgan fingerprint density at radius 2 is 2.33 bits per heavy atom. The second-order valence-corrected chi connectivity index (χ2v) is 3.97. The van der Waals surface area contributed by atoms with Gasteiger partial charge in [0.15, 0.2) is 0 Å². The minimum Gasteiger partial charge on any atom is -0.308 e. The molecule has 0 unspecified atom stereocenters. The zero-order valence-corrected chi connectivity index (χ0v) is 8.94. The molecule has 0 spiro atoms. The molecule has 2 heterocycles. The zero-order chi connectivity index (χ0) is 10.7. The van der Waals surface area contributed by atoms with Crippen LogP contribution in [0.15, 0.2) is 30.7 Å². The van der Waals surface area contributed by atoms with E-state index in [1.165, 1.54) is 16.2 Å². The van der Waals surface area contributed by atoms with Gasteiger partial charge in [-0.1, -0.05) is 11.3 Å². The summed E-state index contributed by atoms with van der Waals surface area (Å²) in [7, 11) is 1.70. The Kier molecular flexibility index (Phi) is 2.73. The lowest BCUT2D eigenvalue weighted by Gasteiger charge is -2.03. The first kappa shape index (κ1) is 9.79. The van der Waals surface area contributed by atoms with Gasteiger partial charge in [0.1, 0.15) is 10.0 Å². The van der Waals surface area contributed by atoms with Gasteiger partial charge < -0.3 is 4.90 Å². The second kappa shape index (κ2) is 4.18. The van der Waals surface area contributed by atoms with Crippen molar-refractivity contribution >= 4 is 22.7 Å². The number of aromatic nitrogens is 2. The number of amides is 1. The fourth-order valence-corrected chi connectivity index (χ4v) is 1.94. The molecule has 76 valence electrons. The van der Waals surface area contributed by atoms with Gasteiger partial charge in [-0.15, -0.1) is 0 Å². The molecule has 1 amide bonds. The third-order valence-corrected chi connectivity index (χ3v) is 3.04. The molecule has 0 aliphatic heterocycles. The summed E-state index contributed by atoms with van der Waals surface area (Å²) in [6.07, 6.45) is 5.92. The third kappa shape index (κ3) is 2.02. The van der Waals surface area contributed by atoms with Crippen LogP contribution in [0.5, 0.6) is 0 Å². The van der Waals surface area contributed by atoms with Crippen LogP contribution < -0.4 is 4.90 Å². The fourth-order valence-electron chi connectivity index (χ4n) is 1.10. The van der Waals surface area contributed by atoms with Crippen molar-refractivity contribution in [1.82, 2.24) is 9.97 Å². The summed E-state index contributed by atoms with van der Waals surface area (Å²) < 4.78 is 0. The minimum atomic E-state index is 0.764. The molecule has 0 bridgehead atoms. The van der Waals surface area contributed by atoms with Crippen molar-refractivity contribution in [3.05, 3.63) is 30.7 Å². The molecule has 2 aromatic heterocycles. The average molecular weight is 219 g/mol. The van der Waals surface area contributed by atoms with E-state index in [1.807, 2.05) is 12.1 Å². The molecule has 0 saturated heterocycles. The number of carbonyl (C=O) groups excluding carboxylic acids is 1. The van der Waals surface area contributed by atoms with Gasteiger partial charge in [-0.05, 0) is 12.1 Å². The summed E-state index contributed by atoms with van der Waals surface area (Å²) >= 11 is 1.46. The maximum absolute atomic E-state index is 10.5. The first-order valence-corrected chi connectivity index (χ1v) is 5.17. The fraction of sp³-hybridized carbons (Fsp3) is 0.100. The van der Waals surface area contributed by atoms with Gasteiger partial charge in [-0.25, -0.2) is 4.98 Å². The number of pyridine rings is 1. The van der Waals surface area contributed by atoms with Crippen LogP contribution in [0.3, 0.4) is 0 Å². The van der Waals surface area contributed by atoms with Crippen LogP contribution in [0.1, 0.15) is 0 Å². The Balaban J connectivity index is 2.32. The van der Waals surface area contributed by atoms with Crippen molar-refractivity contribution < 1.29 is 4.79 Å². The number of carbonyl (C=O) groups is 1. The molecular formula is C10H9N3OS. The van der Waals surface area contributed by atoms with E-state index in [0.717, 1.165) is 22.0 Å². The van der Waals surface area contributed by atoms with Crippen molar-refractivity contribution in [2.75, 3.05) is 11.9 Å². The molecule has 0 fully saturated rings. The molecule has 0 atom stereocenters. The van der Waals surface area contributed by atoms with E-state index in [1.54, 1.807) is 25.6 Å². The third-order valence-electron chi connectivity index (χ3n) is 1.91. The molecule has 5 heteroatoms. The number of thiazole rings is 1. The molecule has 0 saturated carbocycles. The highest BCUT2D eigenvalue weighted by Crippen LogP contribution is 2.29. The van der Waals surface area contributed by atoms with Crippen molar-refractivity contribution in [1.29, 1.82) is 0 Å². The maximum Gasteiger partial charge on any atom is 0.214 e. The topological polar surface area (TPSA) is 46.1 Å². The Morgan fingerprint density at radius 1 is 1.47 bits per heavy atom. The standard InChI is InChI=1S/C10H9N3OS/c1-13(7-14)9-6-12-10(15-9)8-3-2-4-11-5-8/h2-7H,1H3. The summed E-state index contributed by atoms with van der Waals surface area (Å²) in [5.41, 5.74) is 0.966. The first-order valence-electron chi connectivity index (χ1n) is 4.35. The monoisotopic (exact) mass is 219 g/mol. The highest BCUT2D eigenvalue weighted by molar-refractivity contribution is 7.19. The minimum absolute atomic E-state index is 0.764. The predicted molar refractivity (Wildman–Crippen MR) is 59.8 cm³/mol. The second-order valence-electron chi connectivity index (χ2n) is 2.96. The Bertz CT molecular complexity index is 455. The highest BCUT2D eigenvalue weighted by Gasteiger charge is 2.06. The predicted octanol–water partition coefficient (Wildman–Crippen LogP) is 1.80. The molecule has 0 N–H and O–H groups in total. The quantitative estimate of drug-likeness (QED) is 0.739. The van der Waals surface area contributed by atoms with Crippen LogP contribution in [0.4, 0.5) is 5.00 Å². The summed E-state index contributed by atoms with van der Waals surface area (Å²) in [5.74, 6) is 0. The van der Waals surface area contributed by atoms with Crippen molar-refractivity contribution in [3.63, 3.8) is 0 Å². The molecule has 0 aliphatic carbocycles. The van der Waals surface area contributed by atoms with E-state index in [2.05, 4.69) is 9.97 Å². The van der Waals surface area contributed by atoms with Crippen LogP contribution >= 0.6 is 11.3 Å². The van der Waals surface area contributed by atoms with Crippen molar-refractivity contribution in [3.8, 4) is 10.6 Å². The van der Waals surface area contributed by atoms with Crippen LogP contribution in [0.2, 0.25) is 0 Å². The zero-order valence-electron chi connectivity index (χ0n) is 8.12. The lowest BCUT2D eigenvalue weighted by molar-refractivity contribution is -0.107. The lowest BCUT2D eigenvalue weighted by atomic mass is 10.3. The Morgan fingerprint density at radius 3 is 3.00 bits per heavy atom. The molecular weight excluding hydrogens is 210 g/mol. The van der Waals surface area contributed by atoms with E-state index in [4.69, 9.17) is 0 Å². The number of hydrogen-bond donors (Lipinski definition) is 0.